The lowest BCUT2D eigenvalue weighted by molar-refractivity contribution is -0.461. The van der Waals surface area contributed by atoms with E-state index in [4.69, 9.17) is 9.47 Å². The lowest BCUT2D eigenvalue weighted by Crippen LogP contribution is -2.41. The summed E-state index contributed by atoms with van der Waals surface area (Å²) in [5.41, 5.74) is -0.185. The predicted molar refractivity (Wildman–Crippen MR) is 97.3 cm³/mol. The highest BCUT2D eigenvalue weighted by Crippen LogP contribution is 2.46. The van der Waals surface area contributed by atoms with Gasteiger partial charge < -0.3 is 24.8 Å². The lowest BCUT2D eigenvalue weighted by atomic mass is 10.1. The van der Waals surface area contributed by atoms with Gasteiger partial charge in [0.15, 0.2) is 11.5 Å². The van der Waals surface area contributed by atoms with E-state index < -0.39 is 29.7 Å². The molecule has 2 N–H and O–H groups in total. The van der Waals surface area contributed by atoms with Crippen molar-refractivity contribution in [1.29, 1.82) is 0 Å². The lowest BCUT2D eigenvalue weighted by Gasteiger charge is -2.30. The van der Waals surface area contributed by atoms with Crippen LogP contribution < -0.4 is 24.8 Å². The first-order valence-electron chi connectivity index (χ1n) is 8.69. The van der Waals surface area contributed by atoms with E-state index in [1.54, 1.807) is 12.1 Å². The Morgan fingerprint density at radius 2 is 1.87 bits per heavy atom. The van der Waals surface area contributed by atoms with Gasteiger partial charge in [0.05, 0.1) is 19.8 Å². The molecule has 2 amide bonds. The molecule has 0 radical (unpaired) electrons. The average molecular weight is 430 g/mol. The summed E-state index contributed by atoms with van der Waals surface area (Å²) in [5, 5.41) is 4.92. The second kappa shape index (κ2) is 8.27. The Hall–Kier alpha value is -3.21. The van der Waals surface area contributed by atoms with E-state index in [0.717, 1.165) is 23.8 Å². The summed E-state index contributed by atoms with van der Waals surface area (Å²) in [6, 6.07) is 7.49. The summed E-state index contributed by atoms with van der Waals surface area (Å²) >= 11 is 0. The maximum atomic E-state index is 13.8. The number of rotatable bonds is 6. The molecule has 0 aromatic heterocycles. The molecule has 0 aliphatic carbocycles. The van der Waals surface area contributed by atoms with Crippen LogP contribution >= 0.6 is 0 Å². The van der Waals surface area contributed by atoms with Crippen molar-refractivity contribution in [2.24, 2.45) is 0 Å². The topological polar surface area (TPSA) is 78.1 Å². The van der Waals surface area contributed by atoms with Gasteiger partial charge in [-0.3, -0.25) is 0 Å². The van der Waals surface area contributed by atoms with E-state index in [-0.39, 0.29) is 12.2 Å². The van der Waals surface area contributed by atoms with Crippen LogP contribution in [0.2, 0.25) is 0 Å². The van der Waals surface area contributed by atoms with E-state index in [0.29, 0.717) is 17.9 Å². The zero-order valence-corrected chi connectivity index (χ0v) is 15.9. The van der Waals surface area contributed by atoms with E-state index >= 15 is 0 Å². The Labute approximate surface area is 168 Å². The van der Waals surface area contributed by atoms with Gasteiger partial charge in [-0.25, -0.2) is 9.53 Å². The molecule has 1 heterocycles. The molecule has 0 unspecified atom stereocenters. The van der Waals surface area contributed by atoms with Crippen molar-refractivity contribution in [3.8, 4) is 17.2 Å². The molecular formula is C19H18F4N2O5. The SMILES string of the molecule is COc1cccc(CCNC(=O)Nc2ccc3c(c2)C(F)(F)OC(F)(F)O3)c1OC. The number of methoxy groups -OCH3 is 2. The monoisotopic (exact) mass is 430 g/mol. The van der Waals surface area contributed by atoms with Crippen molar-refractivity contribution in [2.75, 3.05) is 26.1 Å². The van der Waals surface area contributed by atoms with E-state index in [9.17, 15) is 22.4 Å². The predicted octanol–water partition coefficient (Wildman–Crippen LogP) is 4.08. The van der Waals surface area contributed by atoms with Crippen molar-refractivity contribution >= 4 is 11.7 Å². The first-order chi connectivity index (χ1) is 14.1. The summed E-state index contributed by atoms with van der Waals surface area (Å²) in [6.07, 6.45) is -8.33. The molecule has 7 nitrogen and oxygen atoms in total. The van der Waals surface area contributed by atoms with E-state index in [1.165, 1.54) is 14.2 Å². The molecule has 30 heavy (non-hydrogen) atoms. The van der Waals surface area contributed by atoms with Gasteiger partial charge in [-0.2, -0.15) is 8.78 Å². The first-order valence-corrected chi connectivity index (χ1v) is 8.69. The van der Waals surface area contributed by atoms with Crippen LogP contribution in [-0.2, 0) is 17.3 Å². The number of carbonyl (C=O) groups is 1. The van der Waals surface area contributed by atoms with Crippen LogP contribution in [0.25, 0.3) is 0 Å². The van der Waals surface area contributed by atoms with Gasteiger partial charge in [-0.15, -0.1) is 8.78 Å². The molecule has 11 heteroatoms. The normalized spacial score (nSPS) is 16.1. The summed E-state index contributed by atoms with van der Waals surface area (Å²) in [6.45, 7) is 0.203. The van der Waals surface area contributed by atoms with Gasteiger partial charge in [0, 0.05) is 12.2 Å². The number of halogens is 4. The highest BCUT2D eigenvalue weighted by Gasteiger charge is 2.54. The van der Waals surface area contributed by atoms with Crippen molar-refractivity contribution in [3.05, 3.63) is 47.5 Å². The van der Waals surface area contributed by atoms with Crippen LogP contribution in [0, 0.1) is 0 Å². The minimum absolute atomic E-state index is 0.0534. The number of carbonyl (C=O) groups excluding carboxylic acids is 1. The van der Waals surface area contributed by atoms with E-state index in [1.807, 2.05) is 6.07 Å². The number of para-hydroxylation sites is 1. The summed E-state index contributed by atoms with van der Waals surface area (Å²) in [4.78, 5) is 12.1. The van der Waals surface area contributed by atoms with Crippen LogP contribution in [-0.4, -0.2) is 33.1 Å². The molecule has 1 aliphatic rings. The highest BCUT2D eigenvalue weighted by atomic mass is 19.3. The van der Waals surface area contributed by atoms with Crippen molar-refractivity contribution in [2.45, 2.75) is 18.8 Å². The van der Waals surface area contributed by atoms with Crippen LogP contribution in [0.5, 0.6) is 17.2 Å². The van der Waals surface area contributed by atoms with Gasteiger partial charge >= 0.3 is 18.4 Å². The molecule has 162 valence electrons. The third-order valence-electron chi connectivity index (χ3n) is 4.19. The van der Waals surface area contributed by atoms with Gasteiger partial charge in [-0.05, 0) is 36.2 Å². The quantitative estimate of drug-likeness (QED) is 0.676. The summed E-state index contributed by atoms with van der Waals surface area (Å²) < 4.78 is 71.7. The van der Waals surface area contributed by atoms with Crippen LogP contribution in [0.1, 0.15) is 11.1 Å². The minimum Gasteiger partial charge on any atom is -0.493 e. The number of urea groups is 1. The molecule has 0 atom stereocenters. The molecule has 0 saturated heterocycles. The highest BCUT2D eigenvalue weighted by molar-refractivity contribution is 5.89. The third kappa shape index (κ3) is 4.67. The Morgan fingerprint density at radius 3 is 2.57 bits per heavy atom. The number of nitrogens with one attached hydrogen (secondary N) is 2. The van der Waals surface area contributed by atoms with Crippen molar-refractivity contribution in [1.82, 2.24) is 5.32 Å². The largest absolute Gasteiger partial charge is 0.540 e. The van der Waals surface area contributed by atoms with E-state index in [2.05, 4.69) is 20.1 Å². The molecule has 0 fully saturated rings. The number of amides is 2. The van der Waals surface area contributed by atoms with Crippen LogP contribution in [0.15, 0.2) is 36.4 Å². The third-order valence-corrected chi connectivity index (χ3v) is 4.19. The number of hydrogen-bond donors (Lipinski definition) is 2. The Bertz CT molecular complexity index is 939. The van der Waals surface area contributed by atoms with Crippen LogP contribution in [0.3, 0.4) is 0 Å². The van der Waals surface area contributed by atoms with Gasteiger partial charge in [0.2, 0.25) is 0 Å². The first kappa shape index (κ1) is 21.5. The second-order valence-electron chi connectivity index (χ2n) is 6.18. The molecule has 2 aromatic carbocycles. The number of alkyl halides is 4. The number of ether oxygens (including phenoxy) is 4. The van der Waals surface area contributed by atoms with Gasteiger partial charge in [-0.1, -0.05) is 12.1 Å². The van der Waals surface area contributed by atoms with Crippen molar-refractivity contribution < 1.29 is 41.3 Å². The minimum atomic E-state index is -4.45. The van der Waals surface area contributed by atoms with Crippen molar-refractivity contribution in [3.63, 3.8) is 0 Å². The smallest absolute Gasteiger partial charge is 0.493 e. The molecule has 3 rings (SSSR count). The Kier molecular flexibility index (Phi) is 5.92. The number of benzene rings is 2. The number of fused-ring (bicyclic) bond motifs is 1. The standard InChI is InChI=1S/C19H18F4N2O5/c1-27-15-5-3-4-11(16(15)28-2)8-9-24-17(26)25-12-6-7-14-13(10-12)18(20,21)30-19(22,23)29-14/h3-7,10H,8-9H2,1-2H3,(H2,24,25,26). The fourth-order valence-corrected chi connectivity index (χ4v) is 2.91. The zero-order valence-electron chi connectivity index (χ0n) is 15.9. The van der Waals surface area contributed by atoms with Gasteiger partial charge in [0.25, 0.3) is 0 Å². The fourth-order valence-electron chi connectivity index (χ4n) is 2.91. The van der Waals surface area contributed by atoms with Gasteiger partial charge in [0.1, 0.15) is 5.75 Å². The van der Waals surface area contributed by atoms with Crippen LogP contribution in [0.4, 0.5) is 28.0 Å². The molecule has 2 aromatic rings. The number of hydrogen-bond acceptors (Lipinski definition) is 5. The maximum absolute atomic E-state index is 13.8. The average Bonchev–Trinajstić information content (AvgIpc) is 2.67. The summed E-state index contributed by atoms with van der Waals surface area (Å²) in [5.74, 6) is 0.340. The maximum Gasteiger partial charge on any atom is 0.540 e. The summed E-state index contributed by atoms with van der Waals surface area (Å²) in [7, 11) is 3.00. The Morgan fingerprint density at radius 1 is 1.10 bits per heavy atom. The molecule has 0 spiro atoms. The zero-order chi connectivity index (χ0) is 21.9. The molecule has 1 aliphatic heterocycles. The number of anilines is 1. The molecular weight excluding hydrogens is 412 g/mol. The fraction of sp³-hybridized carbons (Fsp3) is 0.316. The Balaban J connectivity index is 1.62. The second-order valence-corrected chi connectivity index (χ2v) is 6.18. The molecule has 0 bridgehead atoms. The molecule has 0 saturated carbocycles.